The first-order chi connectivity index (χ1) is 11.0. The number of aryl methyl sites for hydroxylation is 1. The van der Waals surface area contributed by atoms with E-state index < -0.39 is 10.8 Å². The average Bonchev–Trinajstić information content (AvgIpc) is 3.17. The SMILES string of the molecule is Cn1cc([N+](=O)[O-])c(C(=O)N2CCN(Cc3ccco3)CC2)n1. The van der Waals surface area contributed by atoms with Gasteiger partial charge in [-0.2, -0.15) is 5.10 Å². The van der Waals surface area contributed by atoms with Gasteiger partial charge in [-0.15, -0.1) is 0 Å². The van der Waals surface area contributed by atoms with E-state index in [9.17, 15) is 14.9 Å². The third kappa shape index (κ3) is 3.24. The lowest BCUT2D eigenvalue weighted by molar-refractivity contribution is -0.385. The zero-order valence-electron chi connectivity index (χ0n) is 12.7. The van der Waals surface area contributed by atoms with Crippen LogP contribution in [0.3, 0.4) is 0 Å². The van der Waals surface area contributed by atoms with Gasteiger partial charge >= 0.3 is 5.69 Å². The summed E-state index contributed by atoms with van der Waals surface area (Å²) >= 11 is 0. The molecule has 1 aliphatic heterocycles. The van der Waals surface area contributed by atoms with Gasteiger partial charge in [-0.05, 0) is 12.1 Å². The lowest BCUT2D eigenvalue weighted by atomic mass is 10.2. The Bertz CT molecular complexity index is 701. The molecule has 0 atom stereocenters. The van der Waals surface area contributed by atoms with Crippen molar-refractivity contribution in [1.29, 1.82) is 0 Å². The summed E-state index contributed by atoms with van der Waals surface area (Å²) in [6.45, 7) is 3.08. The summed E-state index contributed by atoms with van der Waals surface area (Å²) in [4.78, 5) is 26.7. The molecular weight excluding hydrogens is 302 g/mol. The molecule has 0 bridgehead atoms. The van der Waals surface area contributed by atoms with Crippen LogP contribution in [0.1, 0.15) is 16.2 Å². The molecule has 0 radical (unpaired) electrons. The highest BCUT2D eigenvalue weighted by molar-refractivity contribution is 5.96. The summed E-state index contributed by atoms with van der Waals surface area (Å²) in [6, 6.07) is 3.75. The molecule has 0 unspecified atom stereocenters. The van der Waals surface area contributed by atoms with Crippen molar-refractivity contribution in [3.8, 4) is 0 Å². The summed E-state index contributed by atoms with van der Waals surface area (Å²) in [5.41, 5.74) is -0.354. The van der Waals surface area contributed by atoms with Crippen LogP contribution in [0.15, 0.2) is 29.0 Å². The molecule has 3 rings (SSSR count). The minimum absolute atomic E-state index is 0.100. The maximum Gasteiger partial charge on any atom is 0.320 e. The van der Waals surface area contributed by atoms with E-state index in [-0.39, 0.29) is 11.4 Å². The molecule has 1 fully saturated rings. The number of nitrogens with zero attached hydrogens (tertiary/aromatic N) is 5. The van der Waals surface area contributed by atoms with Crippen molar-refractivity contribution in [2.45, 2.75) is 6.54 Å². The number of furan rings is 1. The average molecular weight is 319 g/mol. The van der Waals surface area contributed by atoms with Crippen LogP contribution in [-0.4, -0.2) is 56.6 Å². The van der Waals surface area contributed by atoms with Gasteiger partial charge in [0.25, 0.3) is 5.91 Å². The van der Waals surface area contributed by atoms with E-state index in [0.717, 1.165) is 5.76 Å². The quantitative estimate of drug-likeness (QED) is 0.613. The molecule has 2 aromatic rings. The number of hydrogen-bond acceptors (Lipinski definition) is 6. The summed E-state index contributed by atoms with van der Waals surface area (Å²) < 4.78 is 6.60. The lowest BCUT2D eigenvalue weighted by Crippen LogP contribution is -2.48. The predicted octanol–water partition coefficient (Wildman–Crippen LogP) is 0.879. The van der Waals surface area contributed by atoms with Crippen molar-refractivity contribution in [2.75, 3.05) is 26.2 Å². The fraction of sp³-hybridized carbons (Fsp3) is 0.429. The van der Waals surface area contributed by atoms with Crippen molar-refractivity contribution in [3.63, 3.8) is 0 Å². The monoisotopic (exact) mass is 319 g/mol. The number of piperazine rings is 1. The topological polar surface area (TPSA) is 97.6 Å². The molecule has 1 aliphatic rings. The number of hydrogen-bond donors (Lipinski definition) is 0. The molecule has 23 heavy (non-hydrogen) atoms. The van der Waals surface area contributed by atoms with E-state index in [2.05, 4.69) is 10.00 Å². The zero-order chi connectivity index (χ0) is 16.4. The summed E-state index contributed by atoms with van der Waals surface area (Å²) in [7, 11) is 1.56. The van der Waals surface area contributed by atoms with Gasteiger partial charge in [-0.25, -0.2) is 0 Å². The standard InChI is InChI=1S/C14H17N5O4/c1-16-10-12(19(21)22)13(15-16)14(20)18-6-4-17(5-7-18)9-11-3-2-8-23-11/h2-3,8,10H,4-7,9H2,1H3. The summed E-state index contributed by atoms with van der Waals surface area (Å²) in [6.07, 6.45) is 2.88. The molecule has 1 saturated heterocycles. The number of aromatic nitrogens is 2. The highest BCUT2D eigenvalue weighted by Crippen LogP contribution is 2.19. The van der Waals surface area contributed by atoms with Crippen LogP contribution >= 0.6 is 0 Å². The van der Waals surface area contributed by atoms with E-state index in [1.54, 1.807) is 18.2 Å². The van der Waals surface area contributed by atoms with Crippen LogP contribution in [0, 0.1) is 10.1 Å². The van der Waals surface area contributed by atoms with Crippen LogP contribution in [0.2, 0.25) is 0 Å². The van der Waals surface area contributed by atoms with E-state index in [0.29, 0.717) is 32.7 Å². The Morgan fingerprint density at radius 1 is 1.39 bits per heavy atom. The highest BCUT2D eigenvalue weighted by Gasteiger charge is 2.30. The summed E-state index contributed by atoms with van der Waals surface area (Å²) in [5.74, 6) is 0.486. The minimum Gasteiger partial charge on any atom is -0.468 e. The van der Waals surface area contributed by atoms with Crippen molar-refractivity contribution >= 4 is 11.6 Å². The molecule has 9 nitrogen and oxygen atoms in total. The van der Waals surface area contributed by atoms with Crippen molar-refractivity contribution in [1.82, 2.24) is 19.6 Å². The maximum atomic E-state index is 12.5. The van der Waals surface area contributed by atoms with Gasteiger partial charge in [-0.3, -0.25) is 24.5 Å². The number of amides is 1. The van der Waals surface area contributed by atoms with Crippen LogP contribution in [0.25, 0.3) is 0 Å². The minimum atomic E-state index is -0.576. The summed E-state index contributed by atoms with van der Waals surface area (Å²) in [5, 5.41) is 15.0. The molecule has 9 heteroatoms. The Morgan fingerprint density at radius 3 is 2.74 bits per heavy atom. The van der Waals surface area contributed by atoms with Crippen LogP contribution in [0.5, 0.6) is 0 Å². The first-order valence-electron chi connectivity index (χ1n) is 7.26. The Kier molecular flexibility index (Phi) is 4.11. The molecule has 2 aromatic heterocycles. The second-order valence-electron chi connectivity index (χ2n) is 5.44. The van der Waals surface area contributed by atoms with Crippen molar-refractivity contribution in [3.05, 3.63) is 46.2 Å². The third-order valence-corrected chi connectivity index (χ3v) is 3.83. The van der Waals surface area contributed by atoms with Crippen LogP contribution in [0.4, 0.5) is 5.69 Å². The van der Waals surface area contributed by atoms with Gasteiger partial charge < -0.3 is 9.32 Å². The zero-order valence-corrected chi connectivity index (χ0v) is 12.7. The largest absolute Gasteiger partial charge is 0.468 e. The molecule has 1 amide bonds. The molecule has 0 aliphatic carbocycles. The number of rotatable bonds is 4. The van der Waals surface area contributed by atoms with Crippen LogP contribution < -0.4 is 0 Å². The van der Waals surface area contributed by atoms with Gasteiger partial charge in [0, 0.05) is 33.2 Å². The third-order valence-electron chi connectivity index (χ3n) is 3.83. The molecule has 0 aromatic carbocycles. The van der Waals surface area contributed by atoms with Gasteiger partial charge in [-0.1, -0.05) is 0 Å². The van der Waals surface area contributed by atoms with Crippen molar-refractivity contribution in [2.24, 2.45) is 7.05 Å². The number of carbonyl (C=O) groups excluding carboxylic acids is 1. The Balaban J connectivity index is 1.63. The first kappa shape index (κ1) is 15.2. The number of carbonyl (C=O) groups is 1. The van der Waals surface area contributed by atoms with E-state index in [4.69, 9.17) is 4.42 Å². The van der Waals surface area contributed by atoms with E-state index in [1.807, 2.05) is 12.1 Å². The van der Waals surface area contributed by atoms with Crippen LogP contribution in [-0.2, 0) is 13.6 Å². The molecule has 3 heterocycles. The van der Waals surface area contributed by atoms with Gasteiger partial charge in [0.1, 0.15) is 12.0 Å². The molecule has 0 N–H and O–H groups in total. The van der Waals surface area contributed by atoms with Gasteiger partial charge in [0.05, 0.1) is 17.7 Å². The maximum absolute atomic E-state index is 12.5. The van der Waals surface area contributed by atoms with Crippen molar-refractivity contribution < 1.29 is 14.1 Å². The Morgan fingerprint density at radius 2 is 2.13 bits per heavy atom. The van der Waals surface area contributed by atoms with Gasteiger partial charge in [0.15, 0.2) is 0 Å². The smallest absolute Gasteiger partial charge is 0.320 e. The van der Waals surface area contributed by atoms with E-state index in [1.165, 1.54) is 10.9 Å². The second kappa shape index (κ2) is 6.21. The molecule has 0 spiro atoms. The number of nitro groups is 1. The second-order valence-corrected chi connectivity index (χ2v) is 5.44. The highest BCUT2D eigenvalue weighted by atomic mass is 16.6. The fourth-order valence-corrected chi connectivity index (χ4v) is 2.64. The van der Waals surface area contributed by atoms with E-state index >= 15 is 0 Å². The molecule has 0 saturated carbocycles. The van der Waals surface area contributed by atoms with Gasteiger partial charge in [0.2, 0.25) is 5.69 Å². The Labute approximate surface area is 132 Å². The molecular formula is C14H17N5O4. The fourth-order valence-electron chi connectivity index (χ4n) is 2.64. The normalized spacial score (nSPS) is 15.8. The first-order valence-corrected chi connectivity index (χ1v) is 7.26. The molecule has 122 valence electrons. The Hall–Kier alpha value is -2.68. The predicted molar refractivity (Wildman–Crippen MR) is 79.8 cm³/mol. The lowest BCUT2D eigenvalue weighted by Gasteiger charge is -2.33.